The number of nitrogens with one attached hydrogen (secondary N) is 1. The van der Waals surface area contributed by atoms with Gasteiger partial charge in [0.25, 0.3) is 0 Å². The van der Waals surface area contributed by atoms with E-state index in [1.54, 1.807) is 0 Å². The molecule has 0 unspecified atom stereocenters. The van der Waals surface area contributed by atoms with Crippen LogP contribution in [-0.4, -0.2) is 16.5 Å². The van der Waals surface area contributed by atoms with Crippen molar-refractivity contribution < 1.29 is 0 Å². The molecule has 2 heterocycles. The van der Waals surface area contributed by atoms with Crippen LogP contribution < -0.4 is 5.73 Å². The summed E-state index contributed by atoms with van der Waals surface area (Å²) in [7, 11) is 0. The van der Waals surface area contributed by atoms with Crippen LogP contribution in [0, 0.1) is 6.92 Å². The molecular weight excluding hydrogens is 294 g/mol. The van der Waals surface area contributed by atoms with Crippen molar-refractivity contribution >= 4 is 21.9 Å². The van der Waals surface area contributed by atoms with Gasteiger partial charge in [0.2, 0.25) is 0 Å². The van der Waals surface area contributed by atoms with E-state index in [1.807, 2.05) is 6.20 Å². The van der Waals surface area contributed by atoms with Crippen molar-refractivity contribution in [2.45, 2.75) is 19.8 Å². The molecule has 4 rings (SSSR count). The average molecular weight is 315 g/mol. The number of nitrogens with zero attached hydrogens (tertiary/aromatic N) is 1. The van der Waals surface area contributed by atoms with Gasteiger partial charge in [0.1, 0.15) is 5.65 Å². The molecule has 0 atom stereocenters. The number of hydrogen-bond donors (Lipinski definition) is 2. The highest BCUT2D eigenvalue weighted by Crippen LogP contribution is 2.34. The molecule has 0 fully saturated rings. The maximum atomic E-state index is 5.65. The largest absolute Gasteiger partial charge is 0.339 e. The Morgan fingerprint density at radius 3 is 2.88 bits per heavy atom. The molecule has 0 saturated heterocycles. The number of aryl methyl sites for hydroxylation is 2. The molecule has 0 bridgehead atoms. The minimum atomic E-state index is 0.728. The van der Waals surface area contributed by atoms with Gasteiger partial charge in [-0.25, -0.2) is 4.98 Å². The molecule has 0 aliphatic carbocycles. The molecule has 3 nitrogen and oxygen atoms in total. The number of fused-ring (bicyclic) bond motifs is 3. The van der Waals surface area contributed by atoms with E-state index in [0.29, 0.717) is 0 Å². The lowest BCUT2D eigenvalue weighted by Crippen LogP contribution is -2.00. The molecular formula is C21H21N3. The molecule has 0 aliphatic rings. The van der Waals surface area contributed by atoms with Crippen molar-refractivity contribution in [3.63, 3.8) is 0 Å². The highest BCUT2D eigenvalue weighted by molar-refractivity contribution is 6.12. The second kappa shape index (κ2) is 6.10. The van der Waals surface area contributed by atoms with Gasteiger partial charge < -0.3 is 10.7 Å². The van der Waals surface area contributed by atoms with Crippen LogP contribution in [0.25, 0.3) is 33.1 Å². The standard InChI is InChI=1S/C21H21N3/c1-14-7-8-18-19(12-14)24-21-20(18)17(9-11-23-21)16-6-2-4-15(13-16)5-3-10-22/h2,4,6-9,11-13H,3,5,10,22H2,1H3,(H,23,24). The van der Waals surface area contributed by atoms with E-state index in [2.05, 4.69) is 65.4 Å². The lowest BCUT2D eigenvalue weighted by atomic mass is 9.98. The fourth-order valence-corrected chi connectivity index (χ4v) is 3.38. The average Bonchev–Trinajstić information content (AvgIpc) is 2.97. The number of aromatic amines is 1. The molecule has 0 saturated carbocycles. The molecule has 2 aromatic carbocycles. The summed E-state index contributed by atoms with van der Waals surface area (Å²) in [6.45, 7) is 2.84. The van der Waals surface area contributed by atoms with Gasteiger partial charge in [-0.3, -0.25) is 0 Å². The van der Waals surface area contributed by atoms with Gasteiger partial charge in [0, 0.05) is 22.5 Å². The van der Waals surface area contributed by atoms with Gasteiger partial charge >= 0.3 is 0 Å². The predicted molar refractivity (Wildman–Crippen MR) is 101 cm³/mol. The van der Waals surface area contributed by atoms with Crippen LogP contribution in [-0.2, 0) is 6.42 Å². The summed E-state index contributed by atoms with van der Waals surface area (Å²) >= 11 is 0. The third-order valence-corrected chi connectivity index (χ3v) is 4.56. The van der Waals surface area contributed by atoms with Gasteiger partial charge in [-0.15, -0.1) is 0 Å². The third-order valence-electron chi connectivity index (χ3n) is 4.56. The predicted octanol–water partition coefficient (Wildman–Crippen LogP) is 4.58. The van der Waals surface area contributed by atoms with Crippen LogP contribution in [0.15, 0.2) is 54.7 Å². The molecule has 24 heavy (non-hydrogen) atoms. The zero-order valence-corrected chi connectivity index (χ0v) is 13.8. The second-order valence-corrected chi connectivity index (χ2v) is 6.35. The molecule has 3 N–H and O–H groups in total. The van der Waals surface area contributed by atoms with Gasteiger partial charge in [0.05, 0.1) is 0 Å². The van der Waals surface area contributed by atoms with Gasteiger partial charge in [-0.2, -0.15) is 0 Å². The van der Waals surface area contributed by atoms with Crippen LogP contribution in [0.2, 0.25) is 0 Å². The van der Waals surface area contributed by atoms with E-state index in [-0.39, 0.29) is 0 Å². The zero-order chi connectivity index (χ0) is 16.5. The fraction of sp³-hybridized carbons (Fsp3) is 0.190. The quantitative estimate of drug-likeness (QED) is 0.579. The summed E-state index contributed by atoms with van der Waals surface area (Å²) < 4.78 is 0. The van der Waals surface area contributed by atoms with E-state index in [4.69, 9.17) is 5.73 Å². The van der Waals surface area contributed by atoms with Crippen molar-refractivity contribution in [2.24, 2.45) is 5.73 Å². The fourth-order valence-electron chi connectivity index (χ4n) is 3.38. The first kappa shape index (κ1) is 14.9. The van der Waals surface area contributed by atoms with E-state index >= 15 is 0 Å². The normalized spacial score (nSPS) is 11.4. The van der Waals surface area contributed by atoms with Crippen LogP contribution in [0.4, 0.5) is 0 Å². The minimum Gasteiger partial charge on any atom is -0.339 e. The van der Waals surface area contributed by atoms with Crippen LogP contribution in [0.3, 0.4) is 0 Å². The molecule has 2 aromatic heterocycles. The molecule has 0 radical (unpaired) electrons. The molecule has 120 valence electrons. The van der Waals surface area contributed by atoms with Crippen LogP contribution >= 0.6 is 0 Å². The first-order chi connectivity index (χ1) is 11.8. The van der Waals surface area contributed by atoms with Crippen molar-refractivity contribution in [2.75, 3.05) is 6.54 Å². The Hall–Kier alpha value is -2.65. The lowest BCUT2D eigenvalue weighted by molar-refractivity contribution is 0.833. The van der Waals surface area contributed by atoms with Crippen LogP contribution in [0.5, 0.6) is 0 Å². The molecule has 0 aliphatic heterocycles. The first-order valence-electron chi connectivity index (χ1n) is 8.43. The lowest BCUT2D eigenvalue weighted by Gasteiger charge is -2.07. The molecule has 0 amide bonds. The first-order valence-corrected chi connectivity index (χ1v) is 8.43. The van der Waals surface area contributed by atoms with Crippen molar-refractivity contribution in [1.29, 1.82) is 0 Å². The Morgan fingerprint density at radius 1 is 1.08 bits per heavy atom. The van der Waals surface area contributed by atoms with Gasteiger partial charge in [0.15, 0.2) is 0 Å². The van der Waals surface area contributed by atoms with E-state index < -0.39 is 0 Å². The monoisotopic (exact) mass is 315 g/mol. The van der Waals surface area contributed by atoms with E-state index in [1.165, 1.54) is 33.0 Å². The maximum Gasteiger partial charge on any atom is 0.138 e. The maximum absolute atomic E-state index is 5.65. The summed E-state index contributed by atoms with van der Waals surface area (Å²) in [5.41, 5.74) is 12.8. The molecule has 0 spiro atoms. The van der Waals surface area contributed by atoms with Gasteiger partial charge in [-0.05, 0) is 60.7 Å². The summed E-state index contributed by atoms with van der Waals surface area (Å²) in [6, 6.07) is 17.4. The summed E-state index contributed by atoms with van der Waals surface area (Å²) in [5, 5.41) is 2.43. The zero-order valence-electron chi connectivity index (χ0n) is 13.8. The highest BCUT2D eigenvalue weighted by Gasteiger charge is 2.11. The number of H-pyrrole nitrogens is 1. The van der Waals surface area contributed by atoms with Crippen LogP contribution in [0.1, 0.15) is 17.5 Å². The molecule has 4 aromatic rings. The Bertz CT molecular complexity index is 1010. The number of hydrogen-bond acceptors (Lipinski definition) is 2. The Morgan fingerprint density at radius 2 is 2.00 bits per heavy atom. The topological polar surface area (TPSA) is 54.7 Å². The Balaban J connectivity index is 1.92. The molecule has 3 heteroatoms. The van der Waals surface area contributed by atoms with Crippen molar-refractivity contribution in [3.05, 3.63) is 65.9 Å². The second-order valence-electron chi connectivity index (χ2n) is 6.35. The number of rotatable bonds is 4. The van der Waals surface area contributed by atoms with E-state index in [9.17, 15) is 0 Å². The van der Waals surface area contributed by atoms with Crippen molar-refractivity contribution in [1.82, 2.24) is 9.97 Å². The third kappa shape index (κ3) is 2.57. The summed E-state index contributed by atoms with van der Waals surface area (Å²) in [5.74, 6) is 0. The SMILES string of the molecule is Cc1ccc2c(c1)[nH]c1nccc(-c3cccc(CCCN)c3)c12. The number of aromatic nitrogens is 2. The number of benzene rings is 2. The Kier molecular flexibility index (Phi) is 3.79. The van der Waals surface area contributed by atoms with Gasteiger partial charge in [-0.1, -0.05) is 36.4 Å². The number of nitrogens with two attached hydrogens (primary N) is 1. The van der Waals surface area contributed by atoms with E-state index in [0.717, 1.165) is 30.6 Å². The smallest absolute Gasteiger partial charge is 0.138 e. The highest BCUT2D eigenvalue weighted by atomic mass is 14.8. The summed E-state index contributed by atoms with van der Waals surface area (Å²) in [6.07, 6.45) is 3.92. The van der Waals surface area contributed by atoms with Crippen molar-refractivity contribution in [3.8, 4) is 11.1 Å². The minimum absolute atomic E-state index is 0.728. The summed E-state index contributed by atoms with van der Waals surface area (Å²) in [4.78, 5) is 7.98. The number of pyridine rings is 1. The Labute approximate surface area is 141 Å².